The quantitative estimate of drug-likeness (QED) is 0.562. The monoisotopic (exact) mass is 198 g/mol. The van der Waals surface area contributed by atoms with Crippen molar-refractivity contribution < 1.29 is 0 Å². The van der Waals surface area contributed by atoms with Gasteiger partial charge < -0.3 is 0 Å². The summed E-state index contributed by atoms with van der Waals surface area (Å²) in [5.74, 6) is 5.26. The highest BCUT2D eigenvalue weighted by Gasteiger charge is 2.12. The van der Waals surface area contributed by atoms with Gasteiger partial charge in [-0.15, -0.1) is 0 Å². The molecule has 2 rings (SSSR count). The molecule has 3 N–H and O–H groups in total. The average Bonchev–Trinajstić information content (AvgIpc) is 2.76. The van der Waals surface area contributed by atoms with Gasteiger partial charge in [-0.3, -0.25) is 10.3 Å². The average molecular weight is 198 g/mol. The van der Waals surface area contributed by atoms with Crippen molar-refractivity contribution in [1.82, 2.24) is 9.88 Å². The highest BCUT2D eigenvalue weighted by Crippen LogP contribution is 2.20. The number of nitrogens with two attached hydrogens (primary N) is 1. The Hall–Kier alpha value is -0.650. The molecule has 0 amide bonds. The third kappa shape index (κ3) is 2.18. The summed E-state index contributed by atoms with van der Waals surface area (Å²) in [6.45, 7) is 3.48. The van der Waals surface area contributed by atoms with Crippen LogP contribution < -0.4 is 11.3 Å². The van der Waals surface area contributed by atoms with E-state index in [0.29, 0.717) is 0 Å². The van der Waals surface area contributed by atoms with Gasteiger partial charge in [0.25, 0.3) is 0 Å². The van der Waals surface area contributed by atoms with E-state index in [1.165, 1.54) is 30.8 Å². The Morgan fingerprint density at radius 2 is 2.31 bits per heavy atom. The van der Waals surface area contributed by atoms with E-state index in [2.05, 4.69) is 15.3 Å². The van der Waals surface area contributed by atoms with Gasteiger partial charge in [0.05, 0.1) is 0 Å². The lowest BCUT2D eigenvalue weighted by atomic mass is 10.4. The number of hydrogen-bond acceptors (Lipinski definition) is 5. The lowest BCUT2D eigenvalue weighted by Gasteiger charge is -2.11. The van der Waals surface area contributed by atoms with Gasteiger partial charge in [-0.1, -0.05) is 11.3 Å². The first kappa shape index (κ1) is 8.93. The van der Waals surface area contributed by atoms with E-state index >= 15 is 0 Å². The number of hydrogen-bond donors (Lipinski definition) is 2. The van der Waals surface area contributed by atoms with Crippen LogP contribution in [0.5, 0.6) is 0 Å². The lowest BCUT2D eigenvalue weighted by Crippen LogP contribution is -2.17. The SMILES string of the molecule is NNc1ncc(CN2CCCC2)s1. The predicted molar refractivity (Wildman–Crippen MR) is 54.4 cm³/mol. The minimum Gasteiger partial charge on any atom is -0.300 e. The molecule has 0 aliphatic carbocycles. The fourth-order valence-corrected chi connectivity index (χ4v) is 2.37. The summed E-state index contributed by atoms with van der Waals surface area (Å²) in [5.41, 5.74) is 2.56. The maximum atomic E-state index is 5.26. The second-order valence-corrected chi connectivity index (χ2v) is 4.37. The summed E-state index contributed by atoms with van der Waals surface area (Å²) >= 11 is 1.63. The van der Waals surface area contributed by atoms with Gasteiger partial charge in [0.15, 0.2) is 5.13 Å². The van der Waals surface area contributed by atoms with E-state index in [-0.39, 0.29) is 0 Å². The Morgan fingerprint density at radius 3 is 2.92 bits per heavy atom. The van der Waals surface area contributed by atoms with Crippen molar-refractivity contribution in [2.24, 2.45) is 5.84 Å². The van der Waals surface area contributed by atoms with Crippen LogP contribution in [0, 0.1) is 0 Å². The van der Waals surface area contributed by atoms with Gasteiger partial charge in [0, 0.05) is 17.6 Å². The molecule has 2 heterocycles. The van der Waals surface area contributed by atoms with Crippen LogP contribution >= 0.6 is 11.3 Å². The van der Waals surface area contributed by atoms with Gasteiger partial charge in [0.2, 0.25) is 0 Å². The van der Waals surface area contributed by atoms with Gasteiger partial charge in [-0.2, -0.15) is 0 Å². The van der Waals surface area contributed by atoms with Crippen LogP contribution in [0.2, 0.25) is 0 Å². The molecule has 1 aromatic heterocycles. The van der Waals surface area contributed by atoms with Crippen LogP contribution in [0.4, 0.5) is 5.13 Å². The molecule has 0 atom stereocenters. The highest BCUT2D eigenvalue weighted by molar-refractivity contribution is 7.15. The Morgan fingerprint density at radius 1 is 1.54 bits per heavy atom. The first-order valence-electron chi connectivity index (χ1n) is 4.52. The van der Waals surface area contributed by atoms with Crippen molar-refractivity contribution in [3.8, 4) is 0 Å². The fraction of sp³-hybridized carbons (Fsp3) is 0.625. The van der Waals surface area contributed by atoms with E-state index in [1.54, 1.807) is 11.3 Å². The summed E-state index contributed by atoms with van der Waals surface area (Å²) in [6, 6.07) is 0. The van der Waals surface area contributed by atoms with E-state index < -0.39 is 0 Å². The number of aromatic nitrogens is 1. The summed E-state index contributed by atoms with van der Waals surface area (Å²) in [6.07, 6.45) is 4.57. The molecular formula is C8H14N4S. The molecule has 1 fully saturated rings. The highest BCUT2D eigenvalue weighted by atomic mass is 32.1. The number of anilines is 1. The van der Waals surface area contributed by atoms with Crippen molar-refractivity contribution in [2.45, 2.75) is 19.4 Å². The maximum Gasteiger partial charge on any atom is 0.197 e. The Kier molecular flexibility index (Phi) is 2.77. The normalized spacial score (nSPS) is 17.9. The smallest absolute Gasteiger partial charge is 0.197 e. The predicted octanol–water partition coefficient (Wildman–Crippen LogP) is 1.02. The van der Waals surface area contributed by atoms with Crippen molar-refractivity contribution >= 4 is 16.5 Å². The Bertz CT molecular complexity index is 267. The number of likely N-dealkylation sites (tertiary alicyclic amines) is 1. The summed E-state index contributed by atoms with van der Waals surface area (Å²) in [4.78, 5) is 7.87. The molecule has 0 aromatic carbocycles. The lowest BCUT2D eigenvalue weighted by molar-refractivity contribution is 0.334. The van der Waals surface area contributed by atoms with Crippen LogP contribution in [-0.4, -0.2) is 23.0 Å². The summed E-state index contributed by atoms with van der Waals surface area (Å²) < 4.78 is 0. The number of nitrogen functional groups attached to an aromatic ring is 1. The third-order valence-corrected chi connectivity index (χ3v) is 3.17. The first-order chi connectivity index (χ1) is 6.38. The maximum absolute atomic E-state index is 5.26. The van der Waals surface area contributed by atoms with Crippen molar-refractivity contribution in [3.05, 3.63) is 11.1 Å². The molecule has 0 spiro atoms. The number of nitrogens with zero attached hydrogens (tertiary/aromatic N) is 2. The molecule has 0 saturated carbocycles. The topological polar surface area (TPSA) is 54.2 Å². The molecule has 0 unspecified atom stereocenters. The molecule has 1 aliphatic heterocycles. The van der Waals surface area contributed by atoms with Gasteiger partial charge >= 0.3 is 0 Å². The zero-order valence-electron chi connectivity index (χ0n) is 7.49. The molecular weight excluding hydrogens is 184 g/mol. The molecule has 4 nitrogen and oxygen atoms in total. The first-order valence-corrected chi connectivity index (χ1v) is 5.34. The van der Waals surface area contributed by atoms with E-state index in [4.69, 9.17) is 5.84 Å². The van der Waals surface area contributed by atoms with Crippen LogP contribution in [0.15, 0.2) is 6.20 Å². The molecule has 1 saturated heterocycles. The Labute approximate surface area is 81.7 Å². The van der Waals surface area contributed by atoms with Crippen LogP contribution in [-0.2, 0) is 6.54 Å². The van der Waals surface area contributed by atoms with Crippen LogP contribution in [0.1, 0.15) is 17.7 Å². The molecule has 1 aromatic rings. The molecule has 1 aliphatic rings. The van der Waals surface area contributed by atoms with Gasteiger partial charge in [-0.25, -0.2) is 10.8 Å². The Balaban J connectivity index is 1.92. The van der Waals surface area contributed by atoms with E-state index in [9.17, 15) is 0 Å². The molecule has 0 radical (unpaired) electrons. The van der Waals surface area contributed by atoms with Gasteiger partial charge in [-0.05, 0) is 25.9 Å². The minimum atomic E-state index is 0.800. The second kappa shape index (κ2) is 4.04. The molecule has 0 bridgehead atoms. The van der Waals surface area contributed by atoms with Crippen LogP contribution in [0.3, 0.4) is 0 Å². The van der Waals surface area contributed by atoms with Crippen molar-refractivity contribution in [3.63, 3.8) is 0 Å². The number of rotatable bonds is 3. The van der Waals surface area contributed by atoms with Crippen molar-refractivity contribution in [1.29, 1.82) is 0 Å². The third-order valence-electron chi connectivity index (χ3n) is 2.26. The van der Waals surface area contributed by atoms with Gasteiger partial charge in [0.1, 0.15) is 0 Å². The standard InChI is InChI=1S/C8H14N4S/c9-11-8-10-5-7(13-8)6-12-3-1-2-4-12/h5H,1-4,6,9H2,(H,10,11). The second-order valence-electron chi connectivity index (χ2n) is 3.26. The van der Waals surface area contributed by atoms with Crippen LogP contribution in [0.25, 0.3) is 0 Å². The van der Waals surface area contributed by atoms with E-state index in [0.717, 1.165) is 11.7 Å². The van der Waals surface area contributed by atoms with E-state index in [1.807, 2.05) is 6.20 Å². The zero-order chi connectivity index (χ0) is 9.10. The zero-order valence-corrected chi connectivity index (χ0v) is 8.31. The minimum absolute atomic E-state index is 0.800. The molecule has 5 heteroatoms. The van der Waals surface area contributed by atoms with Crippen molar-refractivity contribution in [2.75, 3.05) is 18.5 Å². The summed E-state index contributed by atoms with van der Waals surface area (Å²) in [7, 11) is 0. The number of thiazole rings is 1. The largest absolute Gasteiger partial charge is 0.300 e. The number of hydrazine groups is 1. The summed E-state index contributed by atoms with van der Waals surface area (Å²) in [5, 5.41) is 0.800. The molecule has 72 valence electrons. The number of nitrogens with one attached hydrogen (secondary N) is 1. The fourth-order valence-electron chi connectivity index (χ4n) is 1.61. The molecule has 13 heavy (non-hydrogen) atoms.